The summed E-state index contributed by atoms with van der Waals surface area (Å²) in [6.45, 7) is 13.9. The molecule has 0 N–H and O–H groups in total. The molecule has 8 atom stereocenters. The molecule has 1 heterocycles. The Hall–Kier alpha value is -0.410. The van der Waals surface area contributed by atoms with Gasteiger partial charge in [0.1, 0.15) is 5.78 Å². The van der Waals surface area contributed by atoms with Crippen molar-refractivity contribution < 1.29 is 14.3 Å². The normalized spacial score (nSPS) is 46.2. The van der Waals surface area contributed by atoms with Gasteiger partial charge in [-0.15, -0.1) is 0 Å². The second-order valence-electron chi connectivity index (χ2n) is 13.4. The number of hydrogen-bond acceptors (Lipinski definition) is 3. The zero-order valence-electron chi connectivity index (χ0n) is 21.5. The molecule has 5 aliphatic rings. The quantitative estimate of drug-likeness (QED) is 0.456. The van der Waals surface area contributed by atoms with E-state index in [1.165, 1.54) is 44.9 Å². The second kappa shape index (κ2) is 8.36. The van der Waals surface area contributed by atoms with Gasteiger partial charge in [-0.05, 0) is 78.4 Å². The van der Waals surface area contributed by atoms with Crippen LogP contribution in [0.4, 0.5) is 0 Å². The summed E-state index contributed by atoms with van der Waals surface area (Å²) >= 11 is 0. The number of rotatable bonds is 5. The number of Topliss-reactive ketones (excluding diaryl/α,β-unsaturated/α-hetero) is 1. The van der Waals surface area contributed by atoms with Gasteiger partial charge in [0.15, 0.2) is 5.79 Å². The lowest BCUT2D eigenvalue weighted by Crippen LogP contribution is -2.63. The van der Waals surface area contributed by atoms with Crippen molar-refractivity contribution in [2.24, 2.45) is 52.3 Å². The fourth-order valence-corrected chi connectivity index (χ4v) is 9.92. The van der Waals surface area contributed by atoms with E-state index in [0.29, 0.717) is 36.8 Å². The lowest BCUT2D eigenvalue weighted by molar-refractivity contribution is -0.289. The number of fused-ring (bicyclic) bond motifs is 6. The van der Waals surface area contributed by atoms with Crippen LogP contribution in [0.1, 0.15) is 105 Å². The predicted octanol–water partition coefficient (Wildman–Crippen LogP) is 7.03. The monoisotopic (exact) mass is 444 g/mol. The molecule has 4 saturated carbocycles. The highest BCUT2D eigenvalue weighted by Gasteiger charge is 2.67. The van der Waals surface area contributed by atoms with E-state index in [0.717, 1.165) is 48.9 Å². The standard InChI is InChI=1S/C29H48O3/c1-19(2)7-6-8-20(3)23-9-10-24-22-18-29(31-15-16-32-29)26-17-21(30)11-13-28(26,5)25(22)12-14-27(23,24)4/h19-20,22-26H,6-18H2,1-5H3/t20-,22+,23-,24-,25+,26-,27+,28+/m0/s1. The summed E-state index contributed by atoms with van der Waals surface area (Å²) < 4.78 is 12.9. The van der Waals surface area contributed by atoms with Gasteiger partial charge in [-0.3, -0.25) is 4.79 Å². The van der Waals surface area contributed by atoms with Crippen molar-refractivity contribution in [2.75, 3.05) is 13.2 Å². The third-order valence-corrected chi connectivity index (χ3v) is 11.5. The van der Waals surface area contributed by atoms with Crippen LogP contribution in [0.3, 0.4) is 0 Å². The number of carbonyl (C=O) groups excluding carboxylic acids is 1. The molecule has 0 aromatic heterocycles. The van der Waals surface area contributed by atoms with Crippen LogP contribution >= 0.6 is 0 Å². The van der Waals surface area contributed by atoms with Crippen LogP contribution in [0, 0.1) is 52.3 Å². The Kier molecular flexibility index (Phi) is 6.10. The molecule has 0 aromatic carbocycles. The van der Waals surface area contributed by atoms with E-state index < -0.39 is 5.79 Å². The minimum Gasteiger partial charge on any atom is -0.347 e. The second-order valence-corrected chi connectivity index (χ2v) is 13.4. The van der Waals surface area contributed by atoms with Gasteiger partial charge < -0.3 is 9.47 Å². The van der Waals surface area contributed by atoms with Gasteiger partial charge in [0.25, 0.3) is 0 Å². The van der Waals surface area contributed by atoms with E-state index in [1.54, 1.807) is 0 Å². The largest absolute Gasteiger partial charge is 0.347 e. The Balaban J connectivity index is 1.40. The Labute approximate surface area is 196 Å². The molecule has 1 saturated heterocycles. The minimum atomic E-state index is -0.481. The van der Waals surface area contributed by atoms with Gasteiger partial charge in [-0.2, -0.15) is 0 Å². The first kappa shape index (κ1) is 23.3. The highest BCUT2D eigenvalue weighted by Crippen LogP contribution is 2.70. The predicted molar refractivity (Wildman–Crippen MR) is 128 cm³/mol. The Bertz CT molecular complexity index is 709. The molecular formula is C29H48O3. The Morgan fingerprint density at radius 2 is 1.66 bits per heavy atom. The average Bonchev–Trinajstić information content (AvgIpc) is 3.34. The Morgan fingerprint density at radius 3 is 2.38 bits per heavy atom. The SMILES string of the molecule is CC(C)CCC[C@H](C)[C@@H]1CC[C@H]2[C@H]3CC4(OCCO4)[C@H]4CC(=O)CC[C@]4(C)[C@@H]3CC[C@@]21C. The molecule has 5 rings (SSSR count). The zero-order chi connectivity index (χ0) is 22.7. The van der Waals surface area contributed by atoms with Gasteiger partial charge >= 0.3 is 0 Å². The van der Waals surface area contributed by atoms with E-state index >= 15 is 0 Å². The zero-order valence-corrected chi connectivity index (χ0v) is 21.5. The fraction of sp³-hybridized carbons (Fsp3) is 0.966. The molecule has 0 amide bonds. The summed E-state index contributed by atoms with van der Waals surface area (Å²) in [5.41, 5.74) is 0.676. The molecule has 0 unspecified atom stereocenters. The molecular weight excluding hydrogens is 396 g/mol. The molecule has 0 bridgehead atoms. The maximum Gasteiger partial charge on any atom is 0.172 e. The molecule has 4 aliphatic carbocycles. The summed E-state index contributed by atoms with van der Waals surface area (Å²) in [4.78, 5) is 12.5. The first-order chi connectivity index (χ1) is 15.2. The Morgan fingerprint density at radius 1 is 0.938 bits per heavy atom. The van der Waals surface area contributed by atoms with E-state index in [4.69, 9.17) is 9.47 Å². The maximum absolute atomic E-state index is 12.5. The number of hydrogen-bond donors (Lipinski definition) is 0. The first-order valence-electron chi connectivity index (χ1n) is 14.0. The van der Waals surface area contributed by atoms with Gasteiger partial charge in [0.2, 0.25) is 0 Å². The molecule has 1 aliphatic heterocycles. The molecule has 1 spiro atoms. The highest BCUT2D eigenvalue weighted by atomic mass is 16.7. The topological polar surface area (TPSA) is 35.5 Å². The third-order valence-electron chi connectivity index (χ3n) is 11.5. The van der Waals surface area contributed by atoms with Crippen LogP contribution in [0.5, 0.6) is 0 Å². The molecule has 5 fully saturated rings. The summed E-state index contributed by atoms with van der Waals surface area (Å²) in [7, 11) is 0. The van der Waals surface area contributed by atoms with Crippen molar-refractivity contribution in [1.82, 2.24) is 0 Å². The molecule has 0 aromatic rings. The highest BCUT2D eigenvalue weighted by molar-refractivity contribution is 5.80. The van der Waals surface area contributed by atoms with Crippen molar-refractivity contribution in [3.8, 4) is 0 Å². The molecule has 3 nitrogen and oxygen atoms in total. The van der Waals surface area contributed by atoms with Crippen LogP contribution in [-0.2, 0) is 14.3 Å². The maximum atomic E-state index is 12.5. The van der Waals surface area contributed by atoms with Gasteiger partial charge in [0.05, 0.1) is 13.2 Å². The van der Waals surface area contributed by atoms with Crippen LogP contribution in [0.2, 0.25) is 0 Å². The molecule has 3 heteroatoms. The number of ketones is 1. The van der Waals surface area contributed by atoms with Crippen molar-refractivity contribution >= 4 is 5.78 Å². The van der Waals surface area contributed by atoms with E-state index in [9.17, 15) is 4.79 Å². The number of carbonyl (C=O) groups is 1. The molecule has 182 valence electrons. The van der Waals surface area contributed by atoms with Crippen LogP contribution in [0.25, 0.3) is 0 Å². The fourth-order valence-electron chi connectivity index (χ4n) is 9.92. The van der Waals surface area contributed by atoms with Gasteiger partial charge in [0, 0.05) is 25.2 Å². The average molecular weight is 445 g/mol. The van der Waals surface area contributed by atoms with E-state index in [-0.39, 0.29) is 11.3 Å². The lowest BCUT2D eigenvalue weighted by Gasteiger charge is -2.64. The summed E-state index contributed by atoms with van der Waals surface area (Å²) in [5, 5.41) is 0. The van der Waals surface area contributed by atoms with Gasteiger partial charge in [-0.1, -0.05) is 53.9 Å². The van der Waals surface area contributed by atoms with Crippen molar-refractivity contribution in [3.05, 3.63) is 0 Å². The van der Waals surface area contributed by atoms with Crippen molar-refractivity contribution in [1.29, 1.82) is 0 Å². The van der Waals surface area contributed by atoms with E-state index in [2.05, 4.69) is 34.6 Å². The van der Waals surface area contributed by atoms with Crippen molar-refractivity contribution in [2.45, 2.75) is 111 Å². The van der Waals surface area contributed by atoms with Crippen LogP contribution in [0.15, 0.2) is 0 Å². The summed E-state index contributed by atoms with van der Waals surface area (Å²) in [5.74, 6) is 5.00. The van der Waals surface area contributed by atoms with Crippen LogP contribution < -0.4 is 0 Å². The lowest BCUT2D eigenvalue weighted by atomic mass is 9.43. The summed E-state index contributed by atoms with van der Waals surface area (Å²) in [6, 6.07) is 0. The van der Waals surface area contributed by atoms with Crippen LogP contribution in [-0.4, -0.2) is 24.8 Å². The number of ether oxygens (including phenoxy) is 2. The summed E-state index contributed by atoms with van der Waals surface area (Å²) in [6.07, 6.45) is 13.3. The minimum absolute atomic E-state index is 0.198. The molecule has 32 heavy (non-hydrogen) atoms. The smallest absolute Gasteiger partial charge is 0.172 e. The third kappa shape index (κ3) is 3.55. The van der Waals surface area contributed by atoms with Gasteiger partial charge in [-0.25, -0.2) is 0 Å². The van der Waals surface area contributed by atoms with E-state index in [1.807, 2.05) is 0 Å². The first-order valence-corrected chi connectivity index (χ1v) is 14.0. The van der Waals surface area contributed by atoms with Crippen molar-refractivity contribution in [3.63, 3.8) is 0 Å². The molecule has 0 radical (unpaired) electrons.